The molecule has 1 atom stereocenters. The van der Waals surface area contributed by atoms with Crippen LogP contribution in [0.1, 0.15) is 25.8 Å². The number of esters is 2. The molecule has 1 heterocycles. The monoisotopic (exact) mass is 364 g/mol. The first-order valence-corrected chi connectivity index (χ1v) is 8.32. The van der Waals surface area contributed by atoms with E-state index in [0.29, 0.717) is 12.0 Å². The van der Waals surface area contributed by atoms with Gasteiger partial charge >= 0.3 is 18.0 Å². The molecule has 0 saturated carbocycles. The van der Waals surface area contributed by atoms with Gasteiger partial charge < -0.3 is 20.1 Å². The molecule has 1 aromatic rings. The molecule has 140 valence electrons. The van der Waals surface area contributed by atoms with Gasteiger partial charge in [0.05, 0.1) is 30.3 Å². The van der Waals surface area contributed by atoms with E-state index in [1.807, 2.05) is 6.92 Å². The summed E-state index contributed by atoms with van der Waals surface area (Å²) in [6, 6.07) is 4.61. The number of halogens is 1. The maximum atomic E-state index is 13.2. The van der Waals surface area contributed by atoms with Crippen molar-refractivity contribution in [2.24, 2.45) is 0 Å². The molecule has 1 aliphatic rings. The van der Waals surface area contributed by atoms with Gasteiger partial charge in [0.25, 0.3) is 0 Å². The van der Waals surface area contributed by atoms with Gasteiger partial charge in [-0.25, -0.2) is 14.0 Å². The Hall–Kier alpha value is -2.90. The van der Waals surface area contributed by atoms with Crippen molar-refractivity contribution in [1.82, 2.24) is 10.6 Å². The zero-order chi connectivity index (χ0) is 19.1. The Bertz CT molecular complexity index is 732. The number of ether oxygens (including phenoxy) is 2. The average Bonchev–Trinajstić information content (AvgIpc) is 2.59. The van der Waals surface area contributed by atoms with E-state index in [4.69, 9.17) is 9.47 Å². The predicted octanol–water partition coefficient (Wildman–Crippen LogP) is 1.82. The van der Waals surface area contributed by atoms with Gasteiger partial charge in [0.15, 0.2) is 0 Å². The Kier molecular flexibility index (Phi) is 6.71. The Labute approximate surface area is 150 Å². The van der Waals surface area contributed by atoms with Crippen LogP contribution in [-0.4, -0.2) is 37.2 Å². The fourth-order valence-corrected chi connectivity index (χ4v) is 2.59. The fourth-order valence-electron chi connectivity index (χ4n) is 2.59. The lowest BCUT2D eigenvalue weighted by Gasteiger charge is -2.28. The van der Waals surface area contributed by atoms with Crippen LogP contribution in [0.4, 0.5) is 9.18 Å². The average molecular weight is 364 g/mol. The van der Waals surface area contributed by atoms with Gasteiger partial charge in [-0.1, -0.05) is 19.1 Å². The third kappa shape index (κ3) is 5.05. The summed E-state index contributed by atoms with van der Waals surface area (Å²) in [4.78, 5) is 35.9. The Morgan fingerprint density at radius 2 is 2.00 bits per heavy atom. The molecule has 26 heavy (non-hydrogen) atoms. The van der Waals surface area contributed by atoms with Crippen molar-refractivity contribution in [3.8, 4) is 0 Å². The molecule has 0 bridgehead atoms. The van der Waals surface area contributed by atoms with Gasteiger partial charge in [-0.2, -0.15) is 0 Å². The van der Waals surface area contributed by atoms with Crippen molar-refractivity contribution in [3.63, 3.8) is 0 Å². The van der Waals surface area contributed by atoms with Crippen molar-refractivity contribution in [3.05, 3.63) is 46.9 Å². The molecule has 2 rings (SSSR count). The number of nitrogens with one attached hydrogen (secondary N) is 2. The fraction of sp³-hybridized carbons (Fsp3) is 0.389. The van der Waals surface area contributed by atoms with E-state index < -0.39 is 29.8 Å². The van der Waals surface area contributed by atoms with Crippen molar-refractivity contribution in [2.75, 3.05) is 13.2 Å². The normalized spacial score (nSPS) is 16.6. The highest BCUT2D eigenvalue weighted by Crippen LogP contribution is 2.17. The summed E-state index contributed by atoms with van der Waals surface area (Å²) in [7, 11) is 0. The van der Waals surface area contributed by atoms with Crippen LogP contribution >= 0.6 is 0 Å². The summed E-state index contributed by atoms with van der Waals surface area (Å²) < 4.78 is 23.3. The number of carbonyl (C=O) groups excluding carboxylic acids is 3. The first-order chi connectivity index (χ1) is 12.4. The lowest BCUT2D eigenvalue weighted by atomic mass is 10.0. The van der Waals surface area contributed by atoms with Crippen LogP contribution in [0.15, 0.2) is 35.5 Å². The molecule has 0 spiro atoms. The van der Waals surface area contributed by atoms with E-state index in [-0.39, 0.29) is 30.9 Å². The smallest absolute Gasteiger partial charge is 0.338 e. The van der Waals surface area contributed by atoms with E-state index in [1.165, 1.54) is 18.2 Å². The number of carbonyl (C=O) groups is 3. The third-order valence-corrected chi connectivity index (χ3v) is 3.76. The van der Waals surface area contributed by atoms with Crippen LogP contribution in [0, 0.1) is 5.82 Å². The van der Waals surface area contributed by atoms with Crippen LogP contribution in [0.3, 0.4) is 0 Å². The summed E-state index contributed by atoms with van der Waals surface area (Å²) in [6.45, 7) is 3.38. The lowest BCUT2D eigenvalue weighted by molar-refractivity contribution is -0.143. The molecular formula is C18H21FN2O5. The molecule has 0 unspecified atom stereocenters. The molecule has 0 fully saturated rings. The van der Waals surface area contributed by atoms with Gasteiger partial charge in [0, 0.05) is 0 Å². The van der Waals surface area contributed by atoms with Crippen LogP contribution in [0.5, 0.6) is 0 Å². The van der Waals surface area contributed by atoms with Gasteiger partial charge in [-0.3, -0.25) is 4.79 Å². The summed E-state index contributed by atoms with van der Waals surface area (Å²) in [6.07, 6.45) is 0.353. The van der Waals surface area contributed by atoms with Crippen molar-refractivity contribution < 1.29 is 28.2 Å². The lowest BCUT2D eigenvalue weighted by Crippen LogP contribution is -2.51. The molecule has 0 aromatic heterocycles. The highest BCUT2D eigenvalue weighted by Gasteiger charge is 2.31. The highest BCUT2D eigenvalue weighted by molar-refractivity contribution is 5.94. The SMILES string of the molecule is CCOC(=O)C1=C(COC(=O)Cc2cccc(F)c2)NC(=O)N[C@H]1CC. The molecule has 2 N–H and O–H groups in total. The second kappa shape index (κ2) is 8.98. The highest BCUT2D eigenvalue weighted by atomic mass is 19.1. The topological polar surface area (TPSA) is 93.7 Å². The number of urea groups is 1. The molecule has 0 radical (unpaired) electrons. The zero-order valence-electron chi connectivity index (χ0n) is 14.6. The van der Waals surface area contributed by atoms with Crippen molar-refractivity contribution >= 4 is 18.0 Å². The van der Waals surface area contributed by atoms with Crippen LogP contribution in [0.25, 0.3) is 0 Å². The minimum Gasteiger partial charge on any atom is -0.463 e. The standard InChI is InChI=1S/C18H21FN2O5/c1-3-13-16(17(23)25-4-2)14(21-18(24)20-13)10-26-15(22)9-11-6-5-7-12(19)8-11/h5-8,13H,3-4,9-10H2,1-2H3,(H2,20,21,24)/t13-/m0/s1. The Balaban J connectivity index is 2.10. The predicted molar refractivity (Wildman–Crippen MR) is 90.5 cm³/mol. The molecule has 0 aliphatic carbocycles. The number of hydrogen-bond acceptors (Lipinski definition) is 5. The van der Waals surface area contributed by atoms with Gasteiger partial charge in [-0.15, -0.1) is 0 Å². The molecule has 2 amide bonds. The number of amides is 2. The van der Waals surface area contributed by atoms with Gasteiger partial charge in [-0.05, 0) is 31.0 Å². The minimum atomic E-state index is -0.605. The van der Waals surface area contributed by atoms with E-state index in [0.717, 1.165) is 0 Å². The first-order valence-electron chi connectivity index (χ1n) is 8.32. The maximum absolute atomic E-state index is 13.2. The van der Waals surface area contributed by atoms with E-state index >= 15 is 0 Å². The van der Waals surface area contributed by atoms with E-state index in [1.54, 1.807) is 13.0 Å². The Morgan fingerprint density at radius 3 is 2.65 bits per heavy atom. The largest absolute Gasteiger partial charge is 0.463 e. The van der Waals surface area contributed by atoms with Gasteiger partial charge in [0.2, 0.25) is 0 Å². The molecule has 7 nitrogen and oxygen atoms in total. The molecule has 1 aliphatic heterocycles. The van der Waals surface area contributed by atoms with E-state index in [9.17, 15) is 18.8 Å². The number of benzene rings is 1. The van der Waals surface area contributed by atoms with Crippen molar-refractivity contribution in [2.45, 2.75) is 32.7 Å². The quantitative estimate of drug-likeness (QED) is 0.720. The summed E-state index contributed by atoms with van der Waals surface area (Å²) in [5.74, 6) is -1.63. The second-order valence-corrected chi connectivity index (χ2v) is 5.64. The zero-order valence-corrected chi connectivity index (χ0v) is 14.6. The van der Waals surface area contributed by atoms with E-state index in [2.05, 4.69) is 10.6 Å². The Morgan fingerprint density at radius 1 is 1.23 bits per heavy atom. The second-order valence-electron chi connectivity index (χ2n) is 5.64. The van der Waals surface area contributed by atoms with Crippen LogP contribution < -0.4 is 10.6 Å². The third-order valence-electron chi connectivity index (χ3n) is 3.76. The minimum absolute atomic E-state index is 0.122. The van der Waals surface area contributed by atoms with Crippen LogP contribution in [-0.2, 0) is 25.5 Å². The summed E-state index contributed by atoms with van der Waals surface area (Å²) >= 11 is 0. The summed E-state index contributed by atoms with van der Waals surface area (Å²) in [5, 5.41) is 5.12. The van der Waals surface area contributed by atoms with Crippen molar-refractivity contribution in [1.29, 1.82) is 0 Å². The number of rotatable bonds is 7. The summed E-state index contributed by atoms with van der Waals surface area (Å²) in [5.41, 5.74) is 0.884. The number of hydrogen-bond donors (Lipinski definition) is 2. The first kappa shape index (κ1) is 19.4. The molecule has 8 heteroatoms. The van der Waals surface area contributed by atoms with Gasteiger partial charge in [0.1, 0.15) is 12.4 Å². The molecule has 1 aromatic carbocycles. The molecular weight excluding hydrogens is 343 g/mol. The maximum Gasteiger partial charge on any atom is 0.338 e. The van der Waals surface area contributed by atoms with Crippen LogP contribution in [0.2, 0.25) is 0 Å². The molecule has 0 saturated heterocycles.